The molecular weight excluding hydrogens is 266 g/mol. The fraction of sp³-hybridized carbons (Fsp3) is 0.455. The van der Waals surface area contributed by atoms with Crippen LogP contribution in [0, 0.1) is 0 Å². The molecule has 0 saturated carbocycles. The number of nitrogens with zero attached hydrogens (tertiary/aromatic N) is 1. The molecule has 2 nitrogen and oxygen atoms in total. The van der Waals surface area contributed by atoms with Gasteiger partial charge in [0.25, 0.3) is 0 Å². The standard InChI is InChI=1S/C11H14Cl2N2.ClH/c1-8-7-14-2-3-15(8)11-5-9(12)4-10(13)6-11;/h4-6,8,14H,2-3,7H2,1H3;1H/t8-;/m0./s1. The van der Waals surface area contributed by atoms with E-state index >= 15 is 0 Å². The van der Waals surface area contributed by atoms with Gasteiger partial charge in [-0.05, 0) is 25.1 Å². The second kappa shape index (κ2) is 5.97. The van der Waals surface area contributed by atoms with E-state index in [0.29, 0.717) is 16.1 Å². The van der Waals surface area contributed by atoms with Crippen molar-refractivity contribution in [1.29, 1.82) is 0 Å². The van der Waals surface area contributed by atoms with Crippen LogP contribution < -0.4 is 10.2 Å². The molecule has 0 aliphatic carbocycles. The molecule has 0 spiro atoms. The normalized spacial score (nSPS) is 20.4. The zero-order chi connectivity index (χ0) is 10.8. The molecule has 0 aromatic heterocycles. The summed E-state index contributed by atoms with van der Waals surface area (Å²) < 4.78 is 0. The monoisotopic (exact) mass is 280 g/mol. The Bertz CT molecular complexity index is 337. The molecule has 0 unspecified atom stereocenters. The first kappa shape index (κ1) is 13.9. The summed E-state index contributed by atoms with van der Waals surface area (Å²) in [6.07, 6.45) is 0. The minimum absolute atomic E-state index is 0. The van der Waals surface area contributed by atoms with Gasteiger partial charge in [-0.2, -0.15) is 0 Å². The van der Waals surface area contributed by atoms with E-state index in [1.54, 1.807) is 6.07 Å². The summed E-state index contributed by atoms with van der Waals surface area (Å²) in [6, 6.07) is 6.18. The first-order valence-electron chi connectivity index (χ1n) is 5.10. The maximum atomic E-state index is 5.99. The highest BCUT2D eigenvalue weighted by molar-refractivity contribution is 6.35. The van der Waals surface area contributed by atoms with Gasteiger partial charge in [-0.15, -0.1) is 12.4 Å². The van der Waals surface area contributed by atoms with Crippen molar-refractivity contribution in [3.63, 3.8) is 0 Å². The van der Waals surface area contributed by atoms with E-state index in [1.807, 2.05) is 12.1 Å². The number of halogens is 3. The maximum Gasteiger partial charge on any atom is 0.0441 e. The van der Waals surface area contributed by atoms with Crippen LogP contribution in [0.3, 0.4) is 0 Å². The highest BCUT2D eigenvalue weighted by atomic mass is 35.5. The van der Waals surface area contributed by atoms with Crippen molar-refractivity contribution in [2.24, 2.45) is 0 Å². The summed E-state index contributed by atoms with van der Waals surface area (Å²) in [6.45, 7) is 5.21. The molecule has 0 radical (unpaired) electrons. The largest absolute Gasteiger partial charge is 0.366 e. The Balaban J connectivity index is 0.00000128. The zero-order valence-corrected chi connectivity index (χ0v) is 11.4. The highest BCUT2D eigenvalue weighted by Gasteiger charge is 2.18. The Morgan fingerprint density at radius 2 is 1.88 bits per heavy atom. The minimum Gasteiger partial charge on any atom is -0.366 e. The van der Waals surface area contributed by atoms with Crippen LogP contribution in [0.2, 0.25) is 10.0 Å². The smallest absolute Gasteiger partial charge is 0.0441 e. The Hall–Kier alpha value is -0.150. The van der Waals surface area contributed by atoms with Gasteiger partial charge in [-0.3, -0.25) is 0 Å². The number of anilines is 1. The first-order chi connectivity index (χ1) is 7.16. The van der Waals surface area contributed by atoms with Crippen molar-refractivity contribution in [1.82, 2.24) is 5.32 Å². The molecule has 2 rings (SSSR count). The van der Waals surface area contributed by atoms with E-state index in [0.717, 1.165) is 25.3 Å². The van der Waals surface area contributed by atoms with Gasteiger partial charge in [-0.1, -0.05) is 23.2 Å². The number of rotatable bonds is 1. The van der Waals surface area contributed by atoms with Crippen LogP contribution in [0.1, 0.15) is 6.92 Å². The molecule has 1 aromatic carbocycles. The lowest BCUT2D eigenvalue weighted by Gasteiger charge is -2.36. The van der Waals surface area contributed by atoms with Crippen molar-refractivity contribution in [2.45, 2.75) is 13.0 Å². The molecule has 0 bridgehead atoms. The van der Waals surface area contributed by atoms with E-state index in [9.17, 15) is 0 Å². The lowest BCUT2D eigenvalue weighted by atomic mass is 10.2. The van der Waals surface area contributed by atoms with Crippen LogP contribution in [0.15, 0.2) is 18.2 Å². The molecular formula is C11H15Cl3N2. The van der Waals surface area contributed by atoms with Crippen LogP contribution >= 0.6 is 35.6 Å². The molecule has 5 heteroatoms. The summed E-state index contributed by atoms with van der Waals surface area (Å²) in [4.78, 5) is 2.33. The average molecular weight is 282 g/mol. The number of nitrogens with one attached hydrogen (secondary N) is 1. The zero-order valence-electron chi connectivity index (χ0n) is 9.04. The topological polar surface area (TPSA) is 15.3 Å². The number of piperazine rings is 1. The quantitative estimate of drug-likeness (QED) is 0.850. The highest BCUT2D eigenvalue weighted by Crippen LogP contribution is 2.27. The summed E-state index contributed by atoms with van der Waals surface area (Å²) in [5.74, 6) is 0. The third-order valence-corrected chi connectivity index (χ3v) is 3.12. The number of benzene rings is 1. The van der Waals surface area contributed by atoms with Crippen molar-refractivity contribution in [3.8, 4) is 0 Å². The lowest BCUT2D eigenvalue weighted by Crippen LogP contribution is -2.49. The molecule has 1 fully saturated rings. The molecule has 1 N–H and O–H groups in total. The first-order valence-corrected chi connectivity index (χ1v) is 5.86. The van der Waals surface area contributed by atoms with Crippen molar-refractivity contribution >= 4 is 41.3 Å². The summed E-state index contributed by atoms with van der Waals surface area (Å²) in [7, 11) is 0. The summed E-state index contributed by atoms with van der Waals surface area (Å²) in [5.41, 5.74) is 1.11. The maximum absolute atomic E-state index is 5.99. The number of hydrogen-bond donors (Lipinski definition) is 1. The minimum atomic E-state index is 0. The third-order valence-electron chi connectivity index (χ3n) is 2.68. The van der Waals surface area contributed by atoms with Gasteiger partial charge in [0, 0.05) is 41.4 Å². The van der Waals surface area contributed by atoms with Gasteiger partial charge in [0.1, 0.15) is 0 Å². The molecule has 1 aliphatic rings. The fourth-order valence-corrected chi connectivity index (χ4v) is 2.44. The molecule has 0 amide bonds. The van der Waals surface area contributed by atoms with Crippen LogP contribution in [0.4, 0.5) is 5.69 Å². The van der Waals surface area contributed by atoms with Crippen LogP contribution in [0.5, 0.6) is 0 Å². The SMILES string of the molecule is C[C@H]1CNCCN1c1cc(Cl)cc(Cl)c1.Cl. The van der Waals surface area contributed by atoms with Crippen molar-refractivity contribution in [2.75, 3.05) is 24.5 Å². The van der Waals surface area contributed by atoms with Gasteiger partial charge < -0.3 is 10.2 Å². The molecule has 90 valence electrons. The van der Waals surface area contributed by atoms with Gasteiger partial charge in [0.2, 0.25) is 0 Å². The molecule has 1 atom stereocenters. The lowest BCUT2D eigenvalue weighted by molar-refractivity contribution is 0.501. The second-order valence-corrected chi connectivity index (χ2v) is 4.75. The van der Waals surface area contributed by atoms with Crippen LogP contribution in [-0.4, -0.2) is 25.7 Å². The predicted octanol–water partition coefficient (Wildman–Crippen LogP) is 3.21. The second-order valence-electron chi connectivity index (χ2n) is 3.87. The summed E-state index contributed by atoms with van der Waals surface area (Å²) in [5, 5.41) is 4.75. The van der Waals surface area contributed by atoms with Gasteiger partial charge >= 0.3 is 0 Å². The van der Waals surface area contributed by atoms with E-state index in [2.05, 4.69) is 17.1 Å². The Morgan fingerprint density at radius 1 is 1.25 bits per heavy atom. The van der Waals surface area contributed by atoms with Gasteiger partial charge in [-0.25, -0.2) is 0 Å². The Labute approximate surface area is 112 Å². The molecule has 1 heterocycles. The molecule has 1 aliphatic heterocycles. The van der Waals surface area contributed by atoms with Crippen LogP contribution in [0.25, 0.3) is 0 Å². The van der Waals surface area contributed by atoms with E-state index in [4.69, 9.17) is 23.2 Å². The number of hydrogen-bond acceptors (Lipinski definition) is 2. The van der Waals surface area contributed by atoms with Crippen LogP contribution in [-0.2, 0) is 0 Å². The summed E-state index contributed by atoms with van der Waals surface area (Å²) >= 11 is 12.0. The van der Waals surface area contributed by atoms with E-state index < -0.39 is 0 Å². The average Bonchev–Trinajstić information content (AvgIpc) is 2.16. The van der Waals surface area contributed by atoms with Crippen molar-refractivity contribution in [3.05, 3.63) is 28.2 Å². The van der Waals surface area contributed by atoms with Crippen molar-refractivity contribution < 1.29 is 0 Å². The molecule has 1 aromatic rings. The van der Waals surface area contributed by atoms with E-state index in [-0.39, 0.29) is 12.4 Å². The predicted molar refractivity (Wildman–Crippen MR) is 73.4 cm³/mol. The fourth-order valence-electron chi connectivity index (χ4n) is 1.93. The molecule has 16 heavy (non-hydrogen) atoms. The Morgan fingerprint density at radius 3 is 2.44 bits per heavy atom. The molecule has 1 saturated heterocycles. The third kappa shape index (κ3) is 3.17. The van der Waals surface area contributed by atoms with E-state index in [1.165, 1.54) is 0 Å². The van der Waals surface area contributed by atoms with Gasteiger partial charge in [0.15, 0.2) is 0 Å². The Kier molecular flexibility index (Phi) is 5.19. The van der Waals surface area contributed by atoms with Gasteiger partial charge in [0.05, 0.1) is 0 Å².